The van der Waals surface area contributed by atoms with E-state index in [0.29, 0.717) is 17.1 Å². The fourth-order valence-electron chi connectivity index (χ4n) is 1.98. The molecule has 1 aromatic heterocycles. The Morgan fingerprint density at radius 3 is 2.69 bits per heavy atom. The van der Waals surface area contributed by atoms with Crippen LogP contribution in [0.15, 0.2) is 6.07 Å². The van der Waals surface area contributed by atoms with E-state index in [1.807, 2.05) is 6.07 Å². The Labute approximate surface area is 101 Å². The first-order chi connectivity index (χ1) is 7.72. The lowest BCUT2D eigenvalue weighted by atomic mass is 10.2. The van der Waals surface area contributed by atoms with Gasteiger partial charge in [-0.1, -0.05) is 11.6 Å². The van der Waals surface area contributed by atoms with Crippen molar-refractivity contribution in [3.63, 3.8) is 0 Å². The summed E-state index contributed by atoms with van der Waals surface area (Å²) in [6.07, 6.45) is 5.08. The van der Waals surface area contributed by atoms with E-state index in [9.17, 15) is 0 Å². The molecule has 3 nitrogen and oxygen atoms in total. The Hall–Kier alpha value is -0.830. The van der Waals surface area contributed by atoms with Gasteiger partial charge >= 0.3 is 0 Å². The molecule has 1 unspecified atom stereocenters. The van der Waals surface area contributed by atoms with Crippen LogP contribution in [0.1, 0.15) is 44.3 Å². The third-order valence-corrected chi connectivity index (χ3v) is 3.55. The molecule has 1 aromatic rings. The summed E-state index contributed by atoms with van der Waals surface area (Å²) in [7, 11) is 0. The van der Waals surface area contributed by atoms with E-state index < -0.39 is 0 Å². The van der Waals surface area contributed by atoms with Crippen LogP contribution in [0.2, 0.25) is 5.15 Å². The van der Waals surface area contributed by atoms with Crippen LogP contribution < -0.4 is 5.32 Å². The zero-order valence-electron chi connectivity index (χ0n) is 9.41. The predicted molar refractivity (Wildman–Crippen MR) is 64.8 cm³/mol. The average Bonchev–Trinajstić information content (AvgIpc) is 3.10. The van der Waals surface area contributed by atoms with Crippen molar-refractivity contribution >= 4 is 17.4 Å². The number of anilines is 1. The van der Waals surface area contributed by atoms with E-state index in [0.717, 1.165) is 17.6 Å². The molecule has 0 amide bonds. The highest BCUT2D eigenvalue weighted by molar-refractivity contribution is 6.29. The summed E-state index contributed by atoms with van der Waals surface area (Å²) in [5, 5.41) is 3.99. The number of aromatic nitrogens is 2. The third-order valence-electron chi connectivity index (χ3n) is 3.36. The van der Waals surface area contributed by atoms with Crippen molar-refractivity contribution in [2.24, 2.45) is 5.92 Å². The molecule has 1 heterocycles. The number of halogens is 1. The molecule has 1 atom stereocenters. The fraction of sp³-hybridized carbons (Fsp3) is 0.667. The highest BCUT2D eigenvalue weighted by Crippen LogP contribution is 2.39. The largest absolute Gasteiger partial charge is 0.367 e. The van der Waals surface area contributed by atoms with Crippen LogP contribution in [0, 0.1) is 5.92 Å². The van der Waals surface area contributed by atoms with Gasteiger partial charge in [-0.05, 0) is 38.5 Å². The smallest absolute Gasteiger partial charge is 0.135 e. The van der Waals surface area contributed by atoms with Crippen LogP contribution in [-0.2, 0) is 0 Å². The van der Waals surface area contributed by atoms with Gasteiger partial charge in [0.05, 0.1) is 0 Å². The first-order valence-corrected chi connectivity index (χ1v) is 6.41. The van der Waals surface area contributed by atoms with Gasteiger partial charge < -0.3 is 5.32 Å². The second kappa shape index (κ2) is 3.88. The first kappa shape index (κ1) is 10.3. The molecule has 2 saturated carbocycles. The monoisotopic (exact) mass is 237 g/mol. The van der Waals surface area contributed by atoms with E-state index in [1.54, 1.807) is 0 Å². The highest BCUT2D eigenvalue weighted by Gasteiger charge is 2.29. The van der Waals surface area contributed by atoms with E-state index in [-0.39, 0.29) is 0 Å². The maximum absolute atomic E-state index is 6.01. The number of nitrogens with one attached hydrogen (secondary N) is 1. The molecule has 0 bridgehead atoms. The summed E-state index contributed by atoms with van der Waals surface area (Å²) < 4.78 is 0. The quantitative estimate of drug-likeness (QED) is 0.818. The van der Waals surface area contributed by atoms with E-state index in [2.05, 4.69) is 22.2 Å². The van der Waals surface area contributed by atoms with Crippen LogP contribution in [0.4, 0.5) is 5.82 Å². The van der Waals surface area contributed by atoms with Crippen LogP contribution in [0.3, 0.4) is 0 Å². The van der Waals surface area contributed by atoms with Crippen molar-refractivity contribution < 1.29 is 0 Å². The third kappa shape index (κ3) is 2.29. The highest BCUT2D eigenvalue weighted by atomic mass is 35.5. The van der Waals surface area contributed by atoms with E-state index >= 15 is 0 Å². The summed E-state index contributed by atoms with van der Waals surface area (Å²) in [4.78, 5) is 8.82. The lowest BCUT2D eigenvalue weighted by Gasteiger charge is -2.14. The minimum absolute atomic E-state index is 0.498. The van der Waals surface area contributed by atoms with Gasteiger partial charge in [-0.15, -0.1) is 0 Å². The van der Waals surface area contributed by atoms with Crippen LogP contribution >= 0.6 is 11.6 Å². The SMILES string of the molecule is CC(Nc1cc(Cl)nc(C2CC2)n1)C1CC1. The van der Waals surface area contributed by atoms with Crippen LogP contribution in [-0.4, -0.2) is 16.0 Å². The Kier molecular flexibility index (Phi) is 2.51. The molecule has 1 N–H and O–H groups in total. The summed E-state index contributed by atoms with van der Waals surface area (Å²) >= 11 is 6.01. The molecular formula is C12H16ClN3. The van der Waals surface area contributed by atoms with Crippen LogP contribution in [0.5, 0.6) is 0 Å². The molecule has 2 aliphatic rings. The summed E-state index contributed by atoms with van der Waals surface area (Å²) in [6, 6.07) is 2.32. The number of rotatable bonds is 4. The molecule has 3 rings (SSSR count). The molecule has 86 valence electrons. The topological polar surface area (TPSA) is 37.8 Å². The molecule has 2 fully saturated rings. The molecule has 0 aliphatic heterocycles. The van der Waals surface area contributed by atoms with Gasteiger partial charge in [-0.25, -0.2) is 9.97 Å². The van der Waals surface area contributed by atoms with Gasteiger partial charge in [-0.3, -0.25) is 0 Å². The second-order valence-corrected chi connectivity index (χ2v) is 5.37. The van der Waals surface area contributed by atoms with Crippen molar-refractivity contribution in [2.75, 3.05) is 5.32 Å². The van der Waals surface area contributed by atoms with Crippen molar-refractivity contribution in [1.82, 2.24) is 9.97 Å². The van der Waals surface area contributed by atoms with Crippen molar-refractivity contribution in [2.45, 2.75) is 44.6 Å². The molecule has 0 spiro atoms. The minimum Gasteiger partial charge on any atom is -0.367 e. The van der Waals surface area contributed by atoms with Crippen LogP contribution in [0.25, 0.3) is 0 Å². The zero-order chi connectivity index (χ0) is 11.1. The van der Waals surface area contributed by atoms with Gasteiger partial charge in [-0.2, -0.15) is 0 Å². The standard InChI is InChI=1S/C12H16ClN3/c1-7(8-2-3-8)14-11-6-10(13)15-12(16-11)9-4-5-9/h6-9H,2-5H2,1H3,(H,14,15,16). The lowest BCUT2D eigenvalue weighted by molar-refractivity contribution is 0.688. The number of hydrogen-bond donors (Lipinski definition) is 1. The fourth-order valence-corrected chi connectivity index (χ4v) is 2.17. The van der Waals surface area contributed by atoms with Gasteiger partial charge in [0, 0.05) is 18.0 Å². The van der Waals surface area contributed by atoms with E-state index in [1.165, 1.54) is 25.7 Å². The molecule has 16 heavy (non-hydrogen) atoms. The summed E-state index contributed by atoms with van der Waals surface area (Å²) in [5.74, 6) is 3.17. The van der Waals surface area contributed by atoms with E-state index in [4.69, 9.17) is 11.6 Å². The Morgan fingerprint density at radius 1 is 1.31 bits per heavy atom. The minimum atomic E-state index is 0.498. The molecule has 0 saturated heterocycles. The van der Waals surface area contributed by atoms with Crippen molar-refractivity contribution in [1.29, 1.82) is 0 Å². The van der Waals surface area contributed by atoms with Crippen molar-refractivity contribution in [3.05, 3.63) is 17.0 Å². The molecular weight excluding hydrogens is 222 g/mol. The normalized spacial score (nSPS) is 21.9. The predicted octanol–water partition coefficient (Wildman–Crippen LogP) is 3.22. The number of nitrogens with zero attached hydrogens (tertiary/aromatic N) is 2. The maximum Gasteiger partial charge on any atom is 0.135 e. The maximum atomic E-state index is 6.01. The molecule has 2 aliphatic carbocycles. The Bertz CT molecular complexity index is 399. The summed E-state index contributed by atoms with van der Waals surface area (Å²) in [6.45, 7) is 2.21. The average molecular weight is 238 g/mol. The second-order valence-electron chi connectivity index (χ2n) is 4.98. The molecule has 0 radical (unpaired) electrons. The first-order valence-electron chi connectivity index (χ1n) is 6.03. The van der Waals surface area contributed by atoms with Gasteiger partial charge in [0.25, 0.3) is 0 Å². The van der Waals surface area contributed by atoms with Gasteiger partial charge in [0.1, 0.15) is 16.8 Å². The number of hydrogen-bond acceptors (Lipinski definition) is 3. The Balaban J connectivity index is 1.76. The molecule has 0 aromatic carbocycles. The lowest BCUT2D eigenvalue weighted by Crippen LogP contribution is -2.18. The zero-order valence-corrected chi connectivity index (χ0v) is 10.2. The molecule has 4 heteroatoms. The van der Waals surface area contributed by atoms with Crippen molar-refractivity contribution in [3.8, 4) is 0 Å². The Morgan fingerprint density at radius 2 is 2.06 bits per heavy atom. The summed E-state index contributed by atoms with van der Waals surface area (Å²) in [5.41, 5.74) is 0. The van der Waals surface area contributed by atoms with Gasteiger partial charge in [0.2, 0.25) is 0 Å². The van der Waals surface area contributed by atoms with Gasteiger partial charge in [0.15, 0.2) is 0 Å².